The SMILES string of the molecule is CCCCCCCCOc1cc(OCCCCCCCC)c(OCCCCCCCC)c(C(=O)O)c1. The summed E-state index contributed by atoms with van der Waals surface area (Å²) in [7, 11) is 0. The first-order valence-corrected chi connectivity index (χ1v) is 14.9. The molecule has 0 heterocycles. The molecule has 1 rings (SSSR count). The molecule has 0 spiro atoms. The lowest BCUT2D eigenvalue weighted by Gasteiger charge is -2.17. The van der Waals surface area contributed by atoms with E-state index in [1.54, 1.807) is 6.07 Å². The van der Waals surface area contributed by atoms with Crippen LogP contribution in [0.25, 0.3) is 0 Å². The number of benzene rings is 1. The minimum absolute atomic E-state index is 0.124. The summed E-state index contributed by atoms with van der Waals surface area (Å²) < 4.78 is 18.1. The van der Waals surface area contributed by atoms with Crippen molar-refractivity contribution in [2.45, 2.75) is 136 Å². The Bertz CT molecular complexity index is 673. The summed E-state index contributed by atoms with van der Waals surface area (Å²) >= 11 is 0. The Kier molecular flexibility index (Phi) is 19.9. The van der Waals surface area contributed by atoms with Crippen LogP contribution in [0.2, 0.25) is 0 Å². The number of ether oxygens (including phenoxy) is 3. The molecule has 0 aromatic heterocycles. The highest BCUT2D eigenvalue weighted by Gasteiger charge is 2.20. The molecule has 0 saturated heterocycles. The van der Waals surface area contributed by atoms with Crippen LogP contribution in [0.4, 0.5) is 0 Å². The van der Waals surface area contributed by atoms with Gasteiger partial charge in [-0.15, -0.1) is 0 Å². The van der Waals surface area contributed by atoms with E-state index in [1.165, 1.54) is 77.0 Å². The molecular weight excluding hydrogens is 452 g/mol. The molecule has 1 N–H and O–H groups in total. The van der Waals surface area contributed by atoms with Crippen LogP contribution < -0.4 is 14.2 Å². The summed E-state index contributed by atoms with van der Waals surface area (Å²) in [5, 5.41) is 9.91. The first-order chi connectivity index (χ1) is 17.6. The van der Waals surface area contributed by atoms with Crippen LogP contribution in [0.5, 0.6) is 17.2 Å². The van der Waals surface area contributed by atoms with Gasteiger partial charge in [0.05, 0.1) is 19.8 Å². The maximum absolute atomic E-state index is 12.1. The second kappa shape index (κ2) is 22.3. The fourth-order valence-electron chi connectivity index (χ4n) is 4.27. The topological polar surface area (TPSA) is 65.0 Å². The van der Waals surface area contributed by atoms with Gasteiger partial charge in [0.1, 0.15) is 11.3 Å². The number of hydrogen-bond donors (Lipinski definition) is 1. The largest absolute Gasteiger partial charge is 0.493 e. The standard InChI is InChI=1S/C31H54O5/c1-4-7-10-13-16-19-22-34-27-25-28(31(32)33)30(36-24-21-18-15-12-9-6-3)29(26-27)35-23-20-17-14-11-8-5-2/h25-26H,4-24H2,1-3H3,(H,32,33). The van der Waals surface area contributed by atoms with E-state index >= 15 is 0 Å². The fourth-order valence-corrected chi connectivity index (χ4v) is 4.27. The van der Waals surface area contributed by atoms with Gasteiger partial charge in [0.25, 0.3) is 0 Å². The predicted octanol–water partition coefficient (Wildman–Crippen LogP) is 9.60. The van der Waals surface area contributed by atoms with Crippen molar-refractivity contribution < 1.29 is 24.1 Å². The summed E-state index contributed by atoms with van der Waals surface area (Å²) in [5.41, 5.74) is 0.124. The Morgan fingerprint density at radius 3 is 1.47 bits per heavy atom. The zero-order valence-corrected chi connectivity index (χ0v) is 23.6. The Morgan fingerprint density at radius 1 is 0.583 bits per heavy atom. The van der Waals surface area contributed by atoms with E-state index in [-0.39, 0.29) is 5.56 Å². The monoisotopic (exact) mass is 506 g/mol. The second-order valence-electron chi connectivity index (χ2n) is 9.95. The number of hydrogen-bond acceptors (Lipinski definition) is 4. The number of unbranched alkanes of at least 4 members (excludes halogenated alkanes) is 15. The van der Waals surface area contributed by atoms with Gasteiger partial charge < -0.3 is 19.3 Å². The van der Waals surface area contributed by atoms with Crippen molar-refractivity contribution in [1.82, 2.24) is 0 Å². The fraction of sp³-hybridized carbons (Fsp3) is 0.774. The van der Waals surface area contributed by atoms with Gasteiger partial charge in [-0.3, -0.25) is 0 Å². The molecule has 0 aliphatic carbocycles. The quantitative estimate of drug-likeness (QED) is 0.134. The molecule has 0 radical (unpaired) electrons. The van der Waals surface area contributed by atoms with Crippen molar-refractivity contribution in [2.75, 3.05) is 19.8 Å². The van der Waals surface area contributed by atoms with Crippen molar-refractivity contribution in [3.63, 3.8) is 0 Å². The maximum Gasteiger partial charge on any atom is 0.339 e. The van der Waals surface area contributed by atoms with E-state index in [9.17, 15) is 9.90 Å². The summed E-state index contributed by atoms with van der Waals surface area (Å²) in [6.07, 6.45) is 21.1. The Balaban J connectivity index is 2.75. The third kappa shape index (κ3) is 15.3. The van der Waals surface area contributed by atoms with Gasteiger partial charge in [-0.05, 0) is 25.3 Å². The zero-order valence-electron chi connectivity index (χ0n) is 23.6. The first kappa shape index (κ1) is 32.1. The Morgan fingerprint density at radius 2 is 1.00 bits per heavy atom. The van der Waals surface area contributed by atoms with Crippen LogP contribution in [0.15, 0.2) is 12.1 Å². The molecule has 0 aliphatic heterocycles. The maximum atomic E-state index is 12.1. The highest BCUT2D eigenvalue weighted by Crippen LogP contribution is 2.37. The van der Waals surface area contributed by atoms with Crippen molar-refractivity contribution >= 4 is 5.97 Å². The summed E-state index contributed by atoms with van der Waals surface area (Å²) in [6, 6.07) is 3.41. The summed E-state index contributed by atoms with van der Waals surface area (Å²) in [5.74, 6) is 0.370. The third-order valence-corrected chi connectivity index (χ3v) is 6.53. The highest BCUT2D eigenvalue weighted by molar-refractivity contribution is 5.92. The first-order valence-electron chi connectivity index (χ1n) is 14.9. The molecule has 208 valence electrons. The number of carboxylic acids is 1. The predicted molar refractivity (Wildman–Crippen MR) is 150 cm³/mol. The van der Waals surface area contributed by atoms with Gasteiger partial charge in [-0.25, -0.2) is 4.79 Å². The van der Waals surface area contributed by atoms with Gasteiger partial charge in [0, 0.05) is 6.07 Å². The average Bonchev–Trinajstić information content (AvgIpc) is 2.87. The molecule has 0 amide bonds. The number of aromatic carboxylic acids is 1. The average molecular weight is 507 g/mol. The van der Waals surface area contributed by atoms with Gasteiger partial charge in [0.2, 0.25) is 0 Å². The van der Waals surface area contributed by atoms with Gasteiger partial charge >= 0.3 is 5.97 Å². The zero-order chi connectivity index (χ0) is 26.3. The molecule has 0 atom stereocenters. The molecule has 0 unspecified atom stereocenters. The van der Waals surface area contributed by atoms with Crippen molar-refractivity contribution in [2.24, 2.45) is 0 Å². The smallest absolute Gasteiger partial charge is 0.339 e. The van der Waals surface area contributed by atoms with Crippen molar-refractivity contribution in [3.05, 3.63) is 17.7 Å². The van der Waals surface area contributed by atoms with Crippen LogP contribution in [-0.2, 0) is 0 Å². The van der Waals surface area contributed by atoms with Gasteiger partial charge in [0.15, 0.2) is 11.5 Å². The molecule has 36 heavy (non-hydrogen) atoms. The Hall–Kier alpha value is -1.91. The van der Waals surface area contributed by atoms with E-state index in [2.05, 4.69) is 20.8 Å². The van der Waals surface area contributed by atoms with E-state index in [4.69, 9.17) is 14.2 Å². The molecule has 0 fully saturated rings. The molecule has 5 nitrogen and oxygen atoms in total. The van der Waals surface area contributed by atoms with Crippen LogP contribution in [0.3, 0.4) is 0 Å². The molecule has 0 saturated carbocycles. The molecule has 1 aromatic carbocycles. The lowest BCUT2D eigenvalue weighted by molar-refractivity contribution is 0.0690. The lowest BCUT2D eigenvalue weighted by atomic mass is 10.1. The van der Waals surface area contributed by atoms with Crippen LogP contribution >= 0.6 is 0 Å². The van der Waals surface area contributed by atoms with Crippen LogP contribution in [-0.4, -0.2) is 30.9 Å². The van der Waals surface area contributed by atoms with Crippen LogP contribution in [0, 0.1) is 0 Å². The second-order valence-corrected chi connectivity index (χ2v) is 9.95. The third-order valence-electron chi connectivity index (χ3n) is 6.53. The molecular formula is C31H54O5. The van der Waals surface area contributed by atoms with Crippen molar-refractivity contribution in [3.8, 4) is 17.2 Å². The van der Waals surface area contributed by atoms with Gasteiger partial charge in [-0.2, -0.15) is 0 Å². The number of carboxylic acid groups (broad SMARTS) is 1. The summed E-state index contributed by atoms with van der Waals surface area (Å²) in [4.78, 5) is 12.1. The lowest BCUT2D eigenvalue weighted by Crippen LogP contribution is -2.09. The number of rotatable bonds is 25. The van der Waals surface area contributed by atoms with Crippen molar-refractivity contribution in [1.29, 1.82) is 0 Å². The van der Waals surface area contributed by atoms with Crippen LogP contribution in [0.1, 0.15) is 147 Å². The van der Waals surface area contributed by atoms with Gasteiger partial charge in [-0.1, -0.05) is 117 Å². The Labute approximate surface area is 221 Å². The van der Waals surface area contributed by atoms with E-state index in [1.807, 2.05) is 6.07 Å². The number of carbonyl (C=O) groups is 1. The molecule has 1 aromatic rings. The molecule has 0 bridgehead atoms. The molecule has 5 heteroatoms. The van der Waals surface area contributed by atoms with E-state index < -0.39 is 5.97 Å². The normalized spacial score (nSPS) is 11.0. The summed E-state index contributed by atoms with van der Waals surface area (Å²) in [6.45, 7) is 8.29. The highest BCUT2D eigenvalue weighted by atomic mass is 16.5. The molecule has 0 aliphatic rings. The minimum Gasteiger partial charge on any atom is -0.493 e. The van der Waals surface area contributed by atoms with E-state index in [0.29, 0.717) is 37.1 Å². The minimum atomic E-state index is -1.01. The van der Waals surface area contributed by atoms with E-state index in [0.717, 1.165) is 38.5 Å².